The molecule has 0 amide bonds. The Morgan fingerprint density at radius 2 is 1.91 bits per heavy atom. The third-order valence-corrected chi connectivity index (χ3v) is 4.32. The van der Waals surface area contributed by atoms with Crippen LogP contribution in [-0.2, 0) is 13.1 Å². The molecular formula is C17H23FN4O. The van der Waals surface area contributed by atoms with Gasteiger partial charge in [0.25, 0.3) is 0 Å². The summed E-state index contributed by atoms with van der Waals surface area (Å²) in [5.41, 5.74) is 0.996. The molecule has 2 aromatic rings. The average molecular weight is 318 g/mol. The first-order valence-corrected chi connectivity index (χ1v) is 7.97. The van der Waals surface area contributed by atoms with Gasteiger partial charge in [-0.05, 0) is 17.7 Å². The molecule has 0 bridgehead atoms. The molecule has 1 aromatic heterocycles. The Hall–Kier alpha value is -1.92. The first-order valence-electron chi connectivity index (χ1n) is 7.97. The van der Waals surface area contributed by atoms with Gasteiger partial charge in [-0.1, -0.05) is 6.07 Å². The normalized spacial score (nSPS) is 16.6. The second-order valence-electron chi connectivity index (χ2n) is 5.89. The second kappa shape index (κ2) is 7.57. The van der Waals surface area contributed by atoms with Crippen LogP contribution in [0.3, 0.4) is 0 Å². The van der Waals surface area contributed by atoms with Crippen LogP contribution in [0.4, 0.5) is 4.39 Å². The molecule has 1 saturated heterocycles. The molecule has 1 aliphatic rings. The molecule has 0 radical (unpaired) electrons. The van der Waals surface area contributed by atoms with Gasteiger partial charge in [-0.2, -0.15) is 0 Å². The van der Waals surface area contributed by atoms with E-state index in [4.69, 9.17) is 4.74 Å². The summed E-state index contributed by atoms with van der Waals surface area (Å²) < 4.78 is 20.8. The quantitative estimate of drug-likeness (QED) is 0.814. The van der Waals surface area contributed by atoms with E-state index in [0.29, 0.717) is 5.75 Å². The predicted molar refractivity (Wildman–Crippen MR) is 86.9 cm³/mol. The summed E-state index contributed by atoms with van der Waals surface area (Å²) in [4.78, 5) is 8.89. The number of nitrogens with zero attached hydrogens (tertiary/aromatic N) is 4. The van der Waals surface area contributed by atoms with Gasteiger partial charge in [-0.25, -0.2) is 9.37 Å². The number of hydrogen-bond acceptors (Lipinski definition) is 4. The minimum absolute atomic E-state index is 0.288. The van der Waals surface area contributed by atoms with E-state index >= 15 is 0 Å². The molecule has 3 rings (SSSR count). The van der Waals surface area contributed by atoms with Crippen LogP contribution in [0.15, 0.2) is 36.9 Å². The number of ether oxygens (including phenoxy) is 1. The molecule has 0 atom stereocenters. The van der Waals surface area contributed by atoms with Gasteiger partial charge in [0, 0.05) is 58.2 Å². The predicted octanol–water partition coefficient (Wildman–Crippen LogP) is 1.85. The average Bonchev–Trinajstić information content (AvgIpc) is 3.08. The third kappa shape index (κ3) is 4.30. The largest absolute Gasteiger partial charge is 0.494 e. The summed E-state index contributed by atoms with van der Waals surface area (Å²) in [6, 6.07) is 5.21. The van der Waals surface area contributed by atoms with E-state index in [1.807, 2.05) is 24.8 Å². The third-order valence-electron chi connectivity index (χ3n) is 4.32. The fourth-order valence-electron chi connectivity index (χ4n) is 2.91. The lowest BCUT2D eigenvalue weighted by molar-refractivity contribution is 0.124. The lowest BCUT2D eigenvalue weighted by Crippen LogP contribution is -2.46. The maximum Gasteiger partial charge on any atom is 0.165 e. The van der Waals surface area contributed by atoms with E-state index in [1.165, 1.54) is 7.11 Å². The van der Waals surface area contributed by atoms with Crippen molar-refractivity contribution < 1.29 is 9.13 Å². The van der Waals surface area contributed by atoms with Gasteiger partial charge in [0.1, 0.15) is 0 Å². The zero-order valence-electron chi connectivity index (χ0n) is 13.5. The molecule has 6 heteroatoms. The van der Waals surface area contributed by atoms with Gasteiger partial charge in [0.05, 0.1) is 13.4 Å². The van der Waals surface area contributed by atoms with Crippen molar-refractivity contribution >= 4 is 0 Å². The fourth-order valence-corrected chi connectivity index (χ4v) is 2.91. The molecule has 2 heterocycles. The van der Waals surface area contributed by atoms with Crippen LogP contribution in [-0.4, -0.2) is 59.2 Å². The van der Waals surface area contributed by atoms with E-state index in [1.54, 1.807) is 12.1 Å². The number of rotatable bonds is 6. The van der Waals surface area contributed by atoms with E-state index in [0.717, 1.165) is 51.4 Å². The van der Waals surface area contributed by atoms with Crippen LogP contribution in [0.25, 0.3) is 0 Å². The summed E-state index contributed by atoms with van der Waals surface area (Å²) in [6.07, 6.45) is 5.66. The van der Waals surface area contributed by atoms with Crippen molar-refractivity contribution in [2.75, 3.05) is 39.8 Å². The zero-order chi connectivity index (χ0) is 16.1. The SMILES string of the molecule is COc1ccc(CN2CCN(CCn3ccnc3)CC2)cc1F. The minimum atomic E-state index is -0.288. The number of halogens is 1. The van der Waals surface area contributed by atoms with Crippen LogP contribution in [0, 0.1) is 5.82 Å². The van der Waals surface area contributed by atoms with Crippen LogP contribution < -0.4 is 4.74 Å². The number of aromatic nitrogens is 2. The van der Waals surface area contributed by atoms with Crippen molar-refractivity contribution in [3.63, 3.8) is 0 Å². The van der Waals surface area contributed by atoms with Crippen molar-refractivity contribution in [2.45, 2.75) is 13.1 Å². The Morgan fingerprint density at radius 1 is 1.13 bits per heavy atom. The molecule has 124 valence electrons. The van der Waals surface area contributed by atoms with Gasteiger partial charge in [-0.3, -0.25) is 9.80 Å². The summed E-state index contributed by atoms with van der Waals surface area (Å²) in [6.45, 7) is 6.93. The lowest BCUT2D eigenvalue weighted by Gasteiger charge is -2.34. The number of piperazine rings is 1. The van der Waals surface area contributed by atoms with E-state index in [-0.39, 0.29) is 5.82 Å². The Kier molecular flexibility index (Phi) is 5.25. The van der Waals surface area contributed by atoms with Crippen LogP contribution in [0.2, 0.25) is 0 Å². The molecule has 0 unspecified atom stereocenters. The molecule has 0 N–H and O–H groups in total. The molecule has 0 spiro atoms. The maximum absolute atomic E-state index is 13.7. The Bertz CT molecular complexity index is 609. The van der Waals surface area contributed by atoms with Crippen LogP contribution >= 0.6 is 0 Å². The Labute approximate surface area is 136 Å². The topological polar surface area (TPSA) is 33.5 Å². The number of hydrogen-bond donors (Lipinski definition) is 0. The Morgan fingerprint density at radius 3 is 2.57 bits per heavy atom. The number of benzene rings is 1. The highest BCUT2D eigenvalue weighted by Gasteiger charge is 2.17. The van der Waals surface area contributed by atoms with Crippen molar-refractivity contribution in [2.24, 2.45) is 0 Å². The van der Waals surface area contributed by atoms with Crippen molar-refractivity contribution in [1.82, 2.24) is 19.4 Å². The van der Waals surface area contributed by atoms with E-state index < -0.39 is 0 Å². The first kappa shape index (κ1) is 16.0. The summed E-state index contributed by atoms with van der Waals surface area (Å²) >= 11 is 0. The summed E-state index contributed by atoms with van der Waals surface area (Å²) in [7, 11) is 1.49. The second-order valence-corrected chi connectivity index (χ2v) is 5.89. The van der Waals surface area contributed by atoms with Gasteiger partial charge >= 0.3 is 0 Å². The highest BCUT2D eigenvalue weighted by atomic mass is 19.1. The Balaban J connectivity index is 1.44. The minimum Gasteiger partial charge on any atom is -0.494 e. The number of imidazole rings is 1. The molecule has 0 aliphatic carbocycles. The summed E-state index contributed by atoms with van der Waals surface area (Å²) in [5, 5.41) is 0. The smallest absolute Gasteiger partial charge is 0.165 e. The lowest BCUT2D eigenvalue weighted by atomic mass is 10.2. The summed E-state index contributed by atoms with van der Waals surface area (Å²) in [5.74, 6) is 0.0158. The maximum atomic E-state index is 13.7. The van der Waals surface area contributed by atoms with Gasteiger partial charge < -0.3 is 9.30 Å². The molecule has 23 heavy (non-hydrogen) atoms. The molecule has 1 fully saturated rings. The van der Waals surface area contributed by atoms with Crippen LogP contribution in [0.1, 0.15) is 5.56 Å². The van der Waals surface area contributed by atoms with Crippen molar-refractivity contribution in [1.29, 1.82) is 0 Å². The standard InChI is InChI=1S/C17H23FN4O/c1-23-17-3-2-15(12-16(17)18)13-21-9-6-20(7-10-21)8-11-22-5-4-19-14-22/h2-5,12,14H,6-11,13H2,1H3. The van der Waals surface area contributed by atoms with Gasteiger partial charge in [-0.15, -0.1) is 0 Å². The van der Waals surface area contributed by atoms with E-state index in [9.17, 15) is 4.39 Å². The molecule has 1 aromatic carbocycles. The zero-order valence-corrected chi connectivity index (χ0v) is 13.5. The fraction of sp³-hybridized carbons (Fsp3) is 0.471. The van der Waals surface area contributed by atoms with Crippen molar-refractivity contribution in [3.8, 4) is 5.75 Å². The molecule has 1 aliphatic heterocycles. The van der Waals surface area contributed by atoms with Gasteiger partial charge in [0.2, 0.25) is 0 Å². The monoisotopic (exact) mass is 318 g/mol. The highest BCUT2D eigenvalue weighted by Crippen LogP contribution is 2.19. The van der Waals surface area contributed by atoms with Crippen LogP contribution in [0.5, 0.6) is 5.75 Å². The molecule has 5 nitrogen and oxygen atoms in total. The van der Waals surface area contributed by atoms with Crippen molar-refractivity contribution in [3.05, 3.63) is 48.3 Å². The highest BCUT2D eigenvalue weighted by molar-refractivity contribution is 5.29. The molecule has 0 saturated carbocycles. The van der Waals surface area contributed by atoms with Gasteiger partial charge in [0.15, 0.2) is 11.6 Å². The first-order chi connectivity index (χ1) is 11.2. The number of methoxy groups -OCH3 is 1. The molecular weight excluding hydrogens is 295 g/mol. The van der Waals surface area contributed by atoms with E-state index in [2.05, 4.69) is 19.4 Å².